The van der Waals surface area contributed by atoms with Crippen molar-refractivity contribution < 1.29 is 17.9 Å². The summed E-state index contributed by atoms with van der Waals surface area (Å²) in [5.41, 5.74) is 5.32. The van der Waals surface area contributed by atoms with E-state index in [-0.39, 0.29) is 17.3 Å². The number of nitrogens with two attached hydrogens (primary N) is 1. The summed E-state index contributed by atoms with van der Waals surface area (Å²) in [6.45, 7) is 1.68. The molecule has 0 unspecified atom stereocenters. The molecule has 1 aromatic carbocycles. The molecular formula is C11H17ClN2O4S. The van der Waals surface area contributed by atoms with E-state index in [1.54, 1.807) is 6.07 Å². The maximum atomic E-state index is 11.9. The second kappa shape index (κ2) is 6.95. The first-order chi connectivity index (χ1) is 8.63. The van der Waals surface area contributed by atoms with Crippen LogP contribution in [0.3, 0.4) is 0 Å². The minimum atomic E-state index is -3.51. The third kappa shape index (κ3) is 3.97. The molecule has 0 bridgehead atoms. The summed E-state index contributed by atoms with van der Waals surface area (Å²) in [7, 11) is -3.51. The molecule has 0 amide bonds. The first kappa shape index (κ1) is 16.0. The average Bonchev–Trinajstić information content (AvgIpc) is 2.38. The van der Waals surface area contributed by atoms with Crippen molar-refractivity contribution in [3.8, 4) is 11.5 Å². The summed E-state index contributed by atoms with van der Waals surface area (Å²) < 4.78 is 37.0. The SMILES string of the molecule is Cl.NCCCNS(=O)(=O)c1ccc2c(c1)OCCO2. The van der Waals surface area contributed by atoms with Crippen molar-refractivity contribution in [2.75, 3.05) is 26.3 Å². The van der Waals surface area contributed by atoms with Gasteiger partial charge >= 0.3 is 0 Å². The van der Waals surface area contributed by atoms with Gasteiger partial charge in [0.2, 0.25) is 10.0 Å². The van der Waals surface area contributed by atoms with Crippen LogP contribution in [-0.4, -0.2) is 34.7 Å². The maximum Gasteiger partial charge on any atom is 0.240 e. The fourth-order valence-corrected chi connectivity index (χ4v) is 2.67. The quantitative estimate of drug-likeness (QED) is 0.773. The van der Waals surface area contributed by atoms with Crippen molar-refractivity contribution in [3.05, 3.63) is 18.2 Å². The Morgan fingerprint density at radius 2 is 1.89 bits per heavy atom. The smallest absolute Gasteiger partial charge is 0.240 e. The van der Waals surface area contributed by atoms with Gasteiger partial charge < -0.3 is 15.2 Å². The van der Waals surface area contributed by atoms with Gasteiger partial charge in [-0.1, -0.05) is 0 Å². The molecule has 19 heavy (non-hydrogen) atoms. The van der Waals surface area contributed by atoms with Gasteiger partial charge in [-0.05, 0) is 25.1 Å². The first-order valence-corrected chi connectivity index (χ1v) is 7.21. The third-order valence-corrected chi connectivity index (χ3v) is 3.96. The average molecular weight is 309 g/mol. The Balaban J connectivity index is 0.00000180. The number of nitrogens with one attached hydrogen (secondary N) is 1. The highest BCUT2D eigenvalue weighted by Crippen LogP contribution is 2.32. The number of benzene rings is 1. The molecule has 0 radical (unpaired) electrons. The Morgan fingerprint density at radius 3 is 2.58 bits per heavy atom. The zero-order chi connectivity index (χ0) is 13.0. The normalized spacial score (nSPS) is 13.7. The highest BCUT2D eigenvalue weighted by Gasteiger charge is 2.18. The molecule has 2 rings (SSSR count). The summed E-state index contributed by atoms with van der Waals surface area (Å²) in [6.07, 6.45) is 0.601. The minimum Gasteiger partial charge on any atom is -0.486 e. The van der Waals surface area contributed by atoms with E-state index in [0.717, 1.165) is 0 Å². The number of rotatable bonds is 5. The lowest BCUT2D eigenvalue weighted by Gasteiger charge is -2.18. The first-order valence-electron chi connectivity index (χ1n) is 5.73. The van der Waals surface area contributed by atoms with Crippen molar-refractivity contribution in [2.45, 2.75) is 11.3 Å². The molecule has 3 N–H and O–H groups in total. The fourth-order valence-electron chi connectivity index (χ4n) is 1.58. The van der Waals surface area contributed by atoms with Crippen LogP contribution >= 0.6 is 12.4 Å². The Bertz CT molecular complexity index is 521. The molecule has 1 aliphatic rings. The lowest BCUT2D eigenvalue weighted by atomic mass is 10.3. The third-order valence-electron chi connectivity index (χ3n) is 2.50. The largest absolute Gasteiger partial charge is 0.486 e. The van der Waals surface area contributed by atoms with Gasteiger partial charge in [-0.15, -0.1) is 12.4 Å². The van der Waals surface area contributed by atoms with Crippen molar-refractivity contribution in [1.29, 1.82) is 0 Å². The number of hydrogen-bond donors (Lipinski definition) is 2. The molecule has 1 aliphatic heterocycles. The number of halogens is 1. The van der Waals surface area contributed by atoms with Crippen LogP contribution in [0.15, 0.2) is 23.1 Å². The number of fused-ring (bicyclic) bond motifs is 1. The Labute approximate surface area is 118 Å². The second-order valence-electron chi connectivity index (χ2n) is 3.85. The molecule has 0 fully saturated rings. The van der Waals surface area contributed by atoms with Crippen molar-refractivity contribution >= 4 is 22.4 Å². The minimum absolute atomic E-state index is 0. The molecule has 0 spiro atoms. The van der Waals surface area contributed by atoms with E-state index in [1.165, 1.54) is 12.1 Å². The number of hydrogen-bond acceptors (Lipinski definition) is 5. The molecule has 8 heteroatoms. The second-order valence-corrected chi connectivity index (χ2v) is 5.61. The lowest BCUT2D eigenvalue weighted by Crippen LogP contribution is -2.26. The van der Waals surface area contributed by atoms with Crippen LogP contribution in [0.5, 0.6) is 11.5 Å². The summed E-state index contributed by atoms with van der Waals surface area (Å²) in [5, 5.41) is 0. The van der Waals surface area contributed by atoms with Gasteiger partial charge in [-0.3, -0.25) is 0 Å². The van der Waals surface area contributed by atoms with E-state index >= 15 is 0 Å². The summed E-state index contributed by atoms with van der Waals surface area (Å²) in [4.78, 5) is 0.170. The Hall–Kier alpha value is -1.02. The van der Waals surface area contributed by atoms with Crippen LogP contribution in [0.2, 0.25) is 0 Å². The van der Waals surface area contributed by atoms with Crippen LogP contribution in [0.1, 0.15) is 6.42 Å². The van der Waals surface area contributed by atoms with Gasteiger partial charge in [0.05, 0.1) is 4.90 Å². The predicted molar refractivity (Wildman–Crippen MR) is 73.5 cm³/mol. The molecule has 0 aliphatic carbocycles. The Morgan fingerprint density at radius 1 is 1.21 bits per heavy atom. The molecule has 1 heterocycles. The lowest BCUT2D eigenvalue weighted by molar-refractivity contribution is 0.171. The molecule has 0 saturated carbocycles. The van der Waals surface area contributed by atoms with Crippen molar-refractivity contribution in [3.63, 3.8) is 0 Å². The van der Waals surface area contributed by atoms with Gasteiger partial charge in [0, 0.05) is 12.6 Å². The number of sulfonamides is 1. The van der Waals surface area contributed by atoms with Gasteiger partial charge in [0.15, 0.2) is 11.5 Å². The van der Waals surface area contributed by atoms with E-state index in [2.05, 4.69) is 4.72 Å². The van der Waals surface area contributed by atoms with Gasteiger partial charge in [0.1, 0.15) is 13.2 Å². The van der Waals surface area contributed by atoms with Crippen LogP contribution < -0.4 is 19.9 Å². The topological polar surface area (TPSA) is 90.7 Å². The molecule has 6 nitrogen and oxygen atoms in total. The fraction of sp³-hybridized carbons (Fsp3) is 0.455. The molecular weight excluding hydrogens is 292 g/mol. The van der Waals surface area contributed by atoms with E-state index in [9.17, 15) is 8.42 Å². The molecule has 0 atom stereocenters. The standard InChI is InChI=1S/C11H16N2O4S.ClH/c12-4-1-5-13-18(14,15)9-2-3-10-11(8-9)17-7-6-16-10;/h2-3,8,13H,1,4-7,12H2;1H. The van der Waals surface area contributed by atoms with Crippen LogP contribution in [-0.2, 0) is 10.0 Å². The van der Waals surface area contributed by atoms with E-state index in [4.69, 9.17) is 15.2 Å². The maximum absolute atomic E-state index is 11.9. The van der Waals surface area contributed by atoms with E-state index in [0.29, 0.717) is 44.2 Å². The van der Waals surface area contributed by atoms with Crippen LogP contribution in [0.25, 0.3) is 0 Å². The summed E-state index contributed by atoms with van der Waals surface area (Å²) in [5.74, 6) is 1.03. The molecule has 1 aromatic rings. The van der Waals surface area contributed by atoms with Gasteiger partial charge in [-0.25, -0.2) is 13.1 Å². The summed E-state index contributed by atoms with van der Waals surface area (Å²) in [6, 6.07) is 4.57. The van der Waals surface area contributed by atoms with Crippen molar-refractivity contribution in [1.82, 2.24) is 4.72 Å². The Kier molecular flexibility index (Phi) is 5.86. The highest BCUT2D eigenvalue weighted by molar-refractivity contribution is 7.89. The summed E-state index contributed by atoms with van der Waals surface area (Å²) >= 11 is 0. The van der Waals surface area contributed by atoms with E-state index < -0.39 is 10.0 Å². The zero-order valence-corrected chi connectivity index (χ0v) is 11.9. The van der Waals surface area contributed by atoms with Gasteiger partial charge in [-0.2, -0.15) is 0 Å². The van der Waals surface area contributed by atoms with Crippen LogP contribution in [0.4, 0.5) is 0 Å². The molecule has 0 saturated heterocycles. The van der Waals surface area contributed by atoms with Crippen LogP contribution in [0, 0.1) is 0 Å². The van der Waals surface area contributed by atoms with E-state index in [1.807, 2.05) is 0 Å². The number of ether oxygens (including phenoxy) is 2. The monoisotopic (exact) mass is 308 g/mol. The predicted octanol–water partition coefficient (Wildman–Crippen LogP) is 0.507. The molecule has 108 valence electrons. The van der Waals surface area contributed by atoms with Crippen molar-refractivity contribution in [2.24, 2.45) is 5.73 Å². The molecule has 0 aromatic heterocycles. The highest BCUT2D eigenvalue weighted by atomic mass is 35.5. The zero-order valence-electron chi connectivity index (χ0n) is 10.3. The van der Waals surface area contributed by atoms with Gasteiger partial charge in [0.25, 0.3) is 0 Å².